The number of rotatable bonds is 5. The summed E-state index contributed by atoms with van der Waals surface area (Å²) in [7, 11) is -3.40. The van der Waals surface area contributed by atoms with E-state index in [4.69, 9.17) is 0 Å². The Kier molecular flexibility index (Phi) is 4.63. The molecule has 7 heteroatoms. The summed E-state index contributed by atoms with van der Waals surface area (Å²) in [6, 6.07) is 5.48. The number of nitro benzene ring substituents is 1. The molecule has 0 spiro atoms. The molecule has 21 heavy (non-hydrogen) atoms. The maximum Gasteiger partial charge on any atom is 0.269 e. The van der Waals surface area contributed by atoms with Crippen LogP contribution in [0.5, 0.6) is 0 Å². The molecule has 1 saturated heterocycles. The number of hydrogen-bond acceptors (Lipinski definition) is 5. The van der Waals surface area contributed by atoms with Crippen molar-refractivity contribution in [2.75, 3.05) is 18.8 Å². The predicted octanol–water partition coefficient (Wildman–Crippen LogP) is 2.10. The summed E-state index contributed by atoms with van der Waals surface area (Å²) >= 11 is 0. The molecule has 0 unspecified atom stereocenters. The molecule has 116 valence electrons. The molecule has 1 fully saturated rings. The van der Waals surface area contributed by atoms with E-state index in [1.165, 1.54) is 24.3 Å². The maximum absolute atomic E-state index is 12.3. The lowest BCUT2D eigenvalue weighted by Gasteiger charge is -2.22. The van der Waals surface area contributed by atoms with Crippen molar-refractivity contribution in [2.45, 2.75) is 31.2 Å². The largest absolute Gasteiger partial charge is 0.299 e. The molecular formula is C14H20N2O4S. The van der Waals surface area contributed by atoms with Crippen LogP contribution in [0.2, 0.25) is 0 Å². The lowest BCUT2D eigenvalue weighted by atomic mass is 10.1. The summed E-state index contributed by atoms with van der Waals surface area (Å²) in [6.07, 6.45) is 1.10. The van der Waals surface area contributed by atoms with Crippen molar-refractivity contribution < 1.29 is 13.3 Å². The number of benzene rings is 1. The number of hydrogen-bond donors (Lipinski definition) is 0. The monoisotopic (exact) mass is 312 g/mol. The van der Waals surface area contributed by atoms with Crippen LogP contribution in [0.15, 0.2) is 29.2 Å². The first-order valence-corrected chi connectivity index (χ1v) is 8.68. The molecule has 6 nitrogen and oxygen atoms in total. The van der Waals surface area contributed by atoms with E-state index in [9.17, 15) is 18.5 Å². The molecule has 0 amide bonds. The van der Waals surface area contributed by atoms with E-state index in [0.29, 0.717) is 18.5 Å². The van der Waals surface area contributed by atoms with Crippen LogP contribution in [-0.2, 0) is 9.84 Å². The smallest absolute Gasteiger partial charge is 0.269 e. The van der Waals surface area contributed by atoms with Crippen molar-refractivity contribution >= 4 is 15.5 Å². The van der Waals surface area contributed by atoms with Crippen molar-refractivity contribution in [3.63, 3.8) is 0 Å². The molecule has 1 heterocycles. The van der Waals surface area contributed by atoms with Gasteiger partial charge in [0.05, 0.1) is 15.6 Å². The zero-order valence-electron chi connectivity index (χ0n) is 12.2. The molecule has 2 atom stereocenters. The van der Waals surface area contributed by atoms with Gasteiger partial charge in [0.1, 0.15) is 0 Å². The summed E-state index contributed by atoms with van der Waals surface area (Å²) < 4.78 is 24.5. The Balaban J connectivity index is 2.03. The maximum atomic E-state index is 12.3. The van der Waals surface area contributed by atoms with Gasteiger partial charge in [-0.25, -0.2) is 8.42 Å². The van der Waals surface area contributed by atoms with Crippen LogP contribution >= 0.6 is 0 Å². The highest BCUT2D eigenvalue weighted by Crippen LogP contribution is 2.24. The third-order valence-corrected chi connectivity index (χ3v) is 6.04. The second kappa shape index (κ2) is 6.11. The van der Waals surface area contributed by atoms with Crippen LogP contribution in [0.25, 0.3) is 0 Å². The van der Waals surface area contributed by atoms with E-state index in [2.05, 4.69) is 18.7 Å². The summed E-state index contributed by atoms with van der Waals surface area (Å²) in [5.74, 6) is 0.633. The Morgan fingerprint density at radius 2 is 1.90 bits per heavy atom. The van der Waals surface area contributed by atoms with Crippen molar-refractivity contribution in [3.8, 4) is 0 Å². The zero-order chi connectivity index (χ0) is 15.6. The van der Waals surface area contributed by atoms with E-state index >= 15 is 0 Å². The SMILES string of the molecule is C[C@@H]1[C@@H](C)CCN1CCS(=O)(=O)c1ccc([N+](=O)[O-])cc1. The molecule has 2 rings (SSSR count). The van der Waals surface area contributed by atoms with Crippen molar-refractivity contribution in [2.24, 2.45) is 5.92 Å². The highest BCUT2D eigenvalue weighted by atomic mass is 32.2. The lowest BCUT2D eigenvalue weighted by molar-refractivity contribution is -0.384. The van der Waals surface area contributed by atoms with Crippen LogP contribution in [0.1, 0.15) is 20.3 Å². The molecule has 0 aromatic heterocycles. The van der Waals surface area contributed by atoms with Gasteiger partial charge >= 0.3 is 0 Å². The zero-order valence-corrected chi connectivity index (χ0v) is 13.0. The second-order valence-electron chi connectivity index (χ2n) is 5.61. The van der Waals surface area contributed by atoms with E-state index in [-0.39, 0.29) is 16.3 Å². The topological polar surface area (TPSA) is 80.5 Å². The molecule has 0 N–H and O–H groups in total. The van der Waals surface area contributed by atoms with Gasteiger partial charge in [0, 0.05) is 24.7 Å². The van der Waals surface area contributed by atoms with Crippen LogP contribution in [-0.4, -0.2) is 43.1 Å². The Labute approximate surface area is 124 Å². The van der Waals surface area contributed by atoms with E-state index in [0.717, 1.165) is 13.0 Å². The van der Waals surface area contributed by atoms with Gasteiger partial charge in [-0.2, -0.15) is 0 Å². The van der Waals surface area contributed by atoms with E-state index < -0.39 is 14.8 Å². The quantitative estimate of drug-likeness (QED) is 0.614. The van der Waals surface area contributed by atoms with Gasteiger partial charge in [0.2, 0.25) is 0 Å². The first-order valence-electron chi connectivity index (χ1n) is 7.02. The minimum Gasteiger partial charge on any atom is -0.299 e. The van der Waals surface area contributed by atoms with Gasteiger partial charge < -0.3 is 0 Å². The molecule has 1 aromatic rings. The Bertz CT molecular complexity index is 612. The van der Waals surface area contributed by atoms with Crippen molar-refractivity contribution in [1.29, 1.82) is 0 Å². The molecule has 0 aliphatic carbocycles. The molecule has 1 aliphatic heterocycles. The van der Waals surface area contributed by atoms with Crippen LogP contribution in [0, 0.1) is 16.0 Å². The summed E-state index contributed by atoms with van der Waals surface area (Å²) in [5.41, 5.74) is -0.101. The number of likely N-dealkylation sites (tertiary alicyclic amines) is 1. The third-order valence-electron chi connectivity index (χ3n) is 4.33. The summed E-state index contributed by atoms with van der Waals surface area (Å²) in [4.78, 5) is 12.4. The van der Waals surface area contributed by atoms with Crippen LogP contribution in [0.4, 0.5) is 5.69 Å². The molecule has 1 aromatic carbocycles. The normalized spacial score (nSPS) is 23.3. The molecular weight excluding hydrogens is 292 g/mol. The van der Waals surface area contributed by atoms with E-state index in [1.807, 2.05) is 0 Å². The fourth-order valence-corrected chi connectivity index (χ4v) is 3.88. The number of nitrogens with zero attached hydrogens (tertiary/aromatic N) is 2. The van der Waals surface area contributed by atoms with Gasteiger partial charge in [-0.15, -0.1) is 0 Å². The lowest BCUT2D eigenvalue weighted by Crippen LogP contribution is -2.33. The van der Waals surface area contributed by atoms with Gasteiger partial charge in [0.25, 0.3) is 5.69 Å². The van der Waals surface area contributed by atoms with Gasteiger partial charge in [0.15, 0.2) is 9.84 Å². The summed E-state index contributed by atoms with van der Waals surface area (Å²) in [6.45, 7) is 5.73. The third kappa shape index (κ3) is 3.59. The van der Waals surface area contributed by atoms with Crippen LogP contribution < -0.4 is 0 Å². The van der Waals surface area contributed by atoms with Gasteiger partial charge in [-0.1, -0.05) is 6.92 Å². The highest BCUT2D eigenvalue weighted by molar-refractivity contribution is 7.91. The minimum absolute atomic E-state index is 0.0435. The fraction of sp³-hybridized carbons (Fsp3) is 0.571. The van der Waals surface area contributed by atoms with Gasteiger partial charge in [-0.05, 0) is 37.9 Å². The molecule has 0 saturated carbocycles. The van der Waals surface area contributed by atoms with Crippen molar-refractivity contribution in [1.82, 2.24) is 4.90 Å². The summed E-state index contributed by atoms with van der Waals surface area (Å²) in [5, 5.41) is 10.6. The molecule has 0 bridgehead atoms. The first-order chi connectivity index (χ1) is 9.81. The highest BCUT2D eigenvalue weighted by Gasteiger charge is 2.28. The average Bonchev–Trinajstić information content (AvgIpc) is 2.77. The van der Waals surface area contributed by atoms with Crippen molar-refractivity contribution in [3.05, 3.63) is 34.4 Å². The van der Waals surface area contributed by atoms with Gasteiger partial charge in [-0.3, -0.25) is 15.0 Å². The Morgan fingerprint density at radius 3 is 2.38 bits per heavy atom. The average molecular weight is 312 g/mol. The number of nitro groups is 1. The van der Waals surface area contributed by atoms with E-state index in [1.54, 1.807) is 0 Å². The Morgan fingerprint density at radius 1 is 1.29 bits per heavy atom. The molecule has 1 aliphatic rings. The fourth-order valence-electron chi connectivity index (χ4n) is 2.62. The second-order valence-corrected chi connectivity index (χ2v) is 7.72. The minimum atomic E-state index is -3.40. The predicted molar refractivity (Wildman–Crippen MR) is 80.0 cm³/mol. The standard InChI is InChI=1S/C14H20N2O4S/c1-11-7-8-15(12(11)2)9-10-21(19,20)14-5-3-13(4-6-14)16(17)18/h3-6,11-12H,7-10H2,1-2H3/t11-,12+/m0/s1. The first kappa shape index (κ1) is 15.9. The Hall–Kier alpha value is -1.47. The molecule has 0 radical (unpaired) electrons. The number of sulfone groups is 1. The number of non-ortho nitro benzene ring substituents is 1. The van der Waals surface area contributed by atoms with Crippen LogP contribution in [0.3, 0.4) is 0 Å².